The van der Waals surface area contributed by atoms with Crippen LogP contribution in [-0.2, 0) is 0 Å². The van der Waals surface area contributed by atoms with Crippen molar-refractivity contribution in [3.63, 3.8) is 0 Å². The highest BCUT2D eigenvalue weighted by Crippen LogP contribution is 2.35. The van der Waals surface area contributed by atoms with E-state index >= 15 is 0 Å². The summed E-state index contributed by atoms with van der Waals surface area (Å²) in [5.74, 6) is 0.320. The Morgan fingerprint density at radius 2 is 1.79 bits per heavy atom. The van der Waals surface area contributed by atoms with Gasteiger partial charge in [-0.15, -0.1) is 0 Å². The summed E-state index contributed by atoms with van der Waals surface area (Å²) in [7, 11) is 0. The quantitative estimate of drug-likeness (QED) is 0.451. The number of carbonyl (C=O) groups excluding carboxylic acids is 2. The van der Waals surface area contributed by atoms with E-state index in [1.54, 1.807) is 35.3 Å². The van der Waals surface area contributed by atoms with Crippen molar-refractivity contribution in [3.8, 4) is 22.8 Å². The molecule has 0 saturated heterocycles. The number of ether oxygens (including phenoxy) is 2. The number of hydrogen-bond donors (Lipinski definition) is 2. The van der Waals surface area contributed by atoms with Crippen LogP contribution in [-0.4, -0.2) is 44.8 Å². The van der Waals surface area contributed by atoms with E-state index in [1.165, 1.54) is 6.20 Å². The van der Waals surface area contributed by atoms with Crippen molar-refractivity contribution in [3.05, 3.63) is 66.1 Å². The Labute approximate surface area is 194 Å². The summed E-state index contributed by atoms with van der Waals surface area (Å²) in [6, 6.07) is 10.5. The molecule has 0 aliphatic carbocycles. The highest BCUT2D eigenvalue weighted by molar-refractivity contribution is 6.07. The summed E-state index contributed by atoms with van der Waals surface area (Å²) in [4.78, 5) is 34.2. The van der Waals surface area contributed by atoms with Gasteiger partial charge in [-0.2, -0.15) is 5.10 Å². The van der Waals surface area contributed by atoms with Gasteiger partial charge >= 0.3 is 0 Å². The molecule has 2 N–H and O–H groups in total. The standard InChI is InChI=1S/C24H22N6O4/c1-14(2)30-22-18(13-26-30)17(24(32)29-28-23(31)16-4-3-7-25-12-16)11-19(27-22)15-5-6-20-21(10-15)34-9-8-33-20/h3-7,10-14H,8-9H2,1-2H3,(H,28,31)(H,29,32). The largest absolute Gasteiger partial charge is 0.486 e. The van der Waals surface area contributed by atoms with Gasteiger partial charge in [0.05, 0.1) is 28.4 Å². The molecular weight excluding hydrogens is 436 g/mol. The molecule has 172 valence electrons. The first kappa shape index (κ1) is 21.4. The Morgan fingerprint density at radius 1 is 1.00 bits per heavy atom. The van der Waals surface area contributed by atoms with E-state index in [4.69, 9.17) is 14.5 Å². The molecule has 2 amide bonds. The predicted molar refractivity (Wildman–Crippen MR) is 124 cm³/mol. The van der Waals surface area contributed by atoms with Crippen LogP contribution in [0.3, 0.4) is 0 Å². The number of fused-ring (bicyclic) bond motifs is 2. The van der Waals surface area contributed by atoms with Crippen molar-refractivity contribution in [2.24, 2.45) is 0 Å². The average molecular weight is 458 g/mol. The number of aromatic nitrogens is 4. The zero-order valence-corrected chi connectivity index (χ0v) is 18.6. The zero-order chi connectivity index (χ0) is 23.7. The molecule has 4 heterocycles. The first-order chi connectivity index (χ1) is 16.5. The van der Waals surface area contributed by atoms with Crippen LogP contribution in [0.1, 0.15) is 40.6 Å². The molecule has 3 aromatic heterocycles. The maximum absolute atomic E-state index is 13.1. The summed E-state index contributed by atoms with van der Waals surface area (Å²) in [6.45, 7) is 4.93. The number of benzene rings is 1. The fourth-order valence-corrected chi connectivity index (χ4v) is 3.68. The number of nitrogens with zero attached hydrogens (tertiary/aromatic N) is 4. The fourth-order valence-electron chi connectivity index (χ4n) is 3.68. The number of nitrogens with one attached hydrogen (secondary N) is 2. The molecule has 10 nitrogen and oxygen atoms in total. The van der Waals surface area contributed by atoms with E-state index in [2.05, 4.69) is 20.9 Å². The van der Waals surface area contributed by atoms with Crippen molar-refractivity contribution in [2.75, 3.05) is 13.2 Å². The Bertz CT molecular complexity index is 1380. The lowest BCUT2D eigenvalue weighted by atomic mass is 10.1. The molecule has 1 aromatic carbocycles. The van der Waals surface area contributed by atoms with Crippen molar-refractivity contribution in [1.29, 1.82) is 0 Å². The van der Waals surface area contributed by atoms with Crippen LogP contribution < -0.4 is 20.3 Å². The molecule has 1 aliphatic heterocycles. The summed E-state index contributed by atoms with van der Waals surface area (Å²) in [6.07, 6.45) is 4.58. The van der Waals surface area contributed by atoms with Gasteiger partial charge < -0.3 is 9.47 Å². The van der Waals surface area contributed by atoms with Crippen molar-refractivity contribution >= 4 is 22.8 Å². The van der Waals surface area contributed by atoms with Crippen molar-refractivity contribution < 1.29 is 19.1 Å². The lowest BCUT2D eigenvalue weighted by Crippen LogP contribution is -2.41. The highest BCUT2D eigenvalue weighted by atomic mass is 16.6. The summed E-state index contributed by atoms with van der Waals surface area (Å²) in [5.41, 5.74) is 7.45. The van der Waals surface area contributed by atoms with Crippen LogP contribution in [0, 0.1) is 0 Å². The third-order valence-corrected chi connectivity index (χ3v) is 5.35. The van der Waals surface area contributed by atoms with Crippen molar-refractivity contribution in [2.45, 2.75) is 19.9 Å². The molecule has 0 bridgehead atoms. The summed E-state index contributed by atoms with van der Waals surface area (Å²) in [5, 5.41) is 4.99. The Balaban J connectivity index is 1.52. The van der Waals surface area contributed by atoms with Crippen LogP contribution in [0.25, 0.3) is 22.3 Å². The Kier molecular flexibility index (Phi) is 5.54. The SMILES string of the molecule is CC(C)n1ncc2c(C(=O)NNC(=O)c3cccnc3)cc(-c3ccc4c(c3)OCCO4)nc21. The van der Waals surface area contributed by atoms with E-state index in [9.17, 15) is 9.59 Å². The minimum absolute atomic E-state index is 0.0294. The van der Waals surface area contributed by atoms with Crippen LogP contribution in [0.5, 0.6) is 11.5 Å². The molecule has 0 atom stereocenters. The van der Waals surface area contributed by atoms with E-state index < -0.39 is 11.8 Å². The molecule has 10 heteroatoms. The molecule has 34 heavy (non-hydrogen) atoms. The minimum atomic E-state index is -0.494. The molecule has 4 aromatic rings. The smallest absolute Gasteiger partial charge is 0.271 e. The number of hydrogen-bond acceptors (Lipinski definition) is 7. The summed E-state index contributed by atoms with van der Waals surface area (Å²) < 4.78 is 13.1. The fraction of sp³-hybridized carbons (Fsp3) is 0.208. The summed E-state index contributed by atoms with van der Waals surface area (Å²) >= 11 is 0. The van der Waals surface area contributed by atoms with Crippen molar-refractivity contribution in [1.82, 2.24) is 30.6 Å². The topological polar surface area (TPSA) is 120 Å². The Hall–Kier alpha value is -4.47. The van der Waals surface area contributed by atoms with Gasteiger partial charge in [-0.05, 0) is 50.2 Å². The number of carbonyl (C=O) groups is 2. The lowest BCUT2D eigenvalue weighted by Gasteiger charge is -2.19. The highest BCUT2D eigenvalue weighted by Gasteiger charge is 2.20. The molecule has 0 radical (unpaired) electrons. The average Bonchev–Trinajstić information content (AvgIpc) is 3.31. The van der Waals surface area contributed by atoms with E-state index in [1.807, 2.05) is 32.0 Å². The van der Waals surface area contributed by atoms with Gasteiger partial charge in [0.25, 0.3) is 11.8 Å². The second kappa shape index (κ2) is 8.81. The first-order valence-electron chi connectivity index (χ1n) is 10.8. The first-order valence-corrected chi connectivity index (χ1v) is 10.8. The number of hydrazine groups is 1. The molecule has 0 saturated carbocycles. The second-order valence-corrected chi connectivity index (χ2v) is 7.98. The number of pyridine rings is 2. The zero-order valence-electron chi connectivity index (χ0n) is 18.6. The maximum Gasteiger partial charge on any atom is 0.271 e. The van der Waals surface area contributed by atoms with Crippen LogP contribution in [0.4, 0.5) is 0 Å². The number of rotatable bonds is 4. The van der Waals surface area contributed by atoms with E-state index in [0.717, 1.165) is 5.56 Å². The Morgan fingerprint density at radius 3 is 2.56 bits per heavy atom. The maximum atomic E-state index is 13.1. The molecule has 0 spiro atoms. The number of amides is 2. The van der Waals surface area contributed by atoms with Gasteiger partial charge in [0, 0.05) is 24.0 Å². The van der Waals surface area contributed by atoms with Gasteiger partial charge in [-0.25, -0.2) is 9.67 Å². The van der Waals surface area contributed by atoms with E-state index in [0.29, 0.717) is 52.6 Å². The third-order valence-electron chi connectivity index (χ3n) is 5.35. The lowest BCUT2D eigenvalue weighted by molar-refractivity contribution is 0.0847. The van der Waals surface area contributed by atoms with Gasteiger partial charge in [-0.3, -0.25) is 25.4 Å². The van der Waals surface area contributed by atoms with Gasteiger partial charge in [0.15, 0.2) is 17.1 Å². The van der Waals surface area contributed by atoms with Crippen LogP contribution >= 0.6 is 0 Å². The van der Waals surface area contributed by atoms with Crippen LogP contribution in [0.15, 0.2) is 55.0 Å². The predicted octanol–water partition coefficient (Wildman–Crippen LogP) is 2.92. The van der Waals surface area contributed by atoms with E-state index in [-0.39, 0.29) is 6.04 Å². The van der Waals surface area contributed by atoms with Crippen LogP contribution in [0.2, 0.25) is 0 Å². The molecule has 1 aliphatic rings. The second-order valence-electron chi connectivity index (χ2n) is 7.98. The third kappa shape index (κ3) is 4.01. The molecular formula is C24H22N6O4. The molecule has 0 unspecified atom stereocenters. The normalized spacial score (nSPS) is 12.6. The van der Waals surface area contributed by atoms with Gasteiger partial charge in [0.2, 0.25) is 0 Å². The minimum Gasteiger partial charge on any atom is -0.486 e. The van der Waals surface area contributed by atoms with Gasteiger partial charge in [0.1, 0.15) is 13.2 Å². The molecule has 0 fully saturated rings. The monoisotopic (exact) mass is 458 g/mol. The molecule has 5 rings (SSSR count). The van der Waals surface area contributed by atoms with Gasteiger partial charge in [-0.1, -0.05) is 0 Å².